The Balaban J connectivity index is 2.33. The highest BCUT2D eigenvalue weighted by Crippen LogP contribution is 2.43. The van der Waals surface area contributed by atoms with E-state index in [1.54, 1.807) is 0 Å². The van der Waals surface area contributed by atoms with Crippen LogP contribution in [0.4, 0.5) is 8.78 Å². The van der Waals surface area contributed by atoms with E-state index in [4.69, 9.17) is 9.79 Å². The van der Waals surface area contributed by atoms with Crippen molar-refractivity contribution >= 4 is 7.82 Å². The van der Waals surface area contributed by atoms with E-state index in [0.717, 1.165) is 0 Å². The Morgan fingerprint density at radius 3 is 2.61 bits per heavy atom. The summed E-state index contributed by atoms with van der Waals surface area (Å²) >= 11 is 0. The van der Waals surface area contributed by atoms with Crippen molar-refractivity contribution in [3.63, 3.8) is 0 Å². The predicted octanol–water partition coefficient (Wildman–Crippen LogP) is -2.30. The first-order chi connectivity index (χ1) is 10.4. The second kappa shape index (κ2) is 5.87. The third-order valence-electron chi connectivity index (χ3n) is 3.00. The summed E-state index contributed by atoms with van der Waals surface area (Å²) in [7, 11) is -5.11. The summed E-state index contributed by atoms with van der Waals surface area (Å²) in [6.07, 6.45) is -6.16. The number of phosphoric ester groups is 1. The number of phosphoric acid groups is 1. The first-order valence-electron chi connectivity index (χ1n) is 5.88. The molecule has 1 aliphatic rings. The lowest BCUT2D eigenvalue weighted by Crippen LogP contribution is -2.43. The topological polar surface area (TPSA) is 171 Å². The molecule has 1 aromatic heterocycles. The Hall–Kier alpha value is -1.47. The molecule has 11 nitrogen and oxygen atoms in total. The van der Waals surface area contributed by atoms with Crippen molar-refractivity contribution in [1.29, 1.82) is 0 Å². The van der Waals surface area contributed by atoms with Crippen LogP contribution in [0.15, 0.2) is 15.8 Å². The van der Waals surface area contributed by atoms with Crippen molar-refractivity contribution in [2.75, 3.05) is 6.61 Å². The first-order valence-corrected chi connectivity index (χ1v) is 7.41. The highest BCUT2D eigenvalue weighted by molar-refractivity contribution is 7.46. The van der Waals surface area contributed by atoms with Gasteiger partial charge in [0, 0.05) is 0 Å². The van der Waals surface area contributed by atoms with Gasteiger partial charge in [-0.1, -0.05) is 0 Å². The van der Waals surface area contributed by atoms with Crippen molar-refractivity contribution < 1.29 is 42.6 Å². The van der Waals surface area contributed by atoms with Crippen LogP contribution >= 0.6 is 7.82 Å². The van der Waals surface area contributed by atoms with Crippen molar-refractivity contribution in [3.05, 3.63) is 32.9 Å². The van der Waals surface area contributed by atoms with E-state index in [9.17, 15) is 33.1 Å². The van der Waals surface area contributed by atoms with Gasteiger partial charge in [-0.05, 0) is 0 Å². The maximum Gasteiger partial charge on any atom is 0.469 e. The predicted molar refractivity (Wildman–Crippen MR) is 65.3 cm³/mol. The fourth-order valence-electron chi connectivity index (χ4n) is 1.91. The largest absolute Gasteiger partial charge is 0.469 e. The highest BCUT2D eigenvalue weighted by Gasteiger charge is 2.57. The van der Waals surface area contributed by atoms with Crippen LogP contribution in [0.3, 0.4) is 0 Å². The molecule has 0 aromatic carbocycles. The van der Waals surface area contributed by atoms with Crippen molar-refractivity contribution in [2.45, 2.75) is 24.3 Å². The van der Waals surface area contributed by atoms with Crippen LogP contribution in [-0.2, 0) is 13.8 Å². The first kappa shape index (κ1) is 17.9. The lowest BCUT2D eigenvalue weighted by atomic mass is 10.1. The average Bonchev–Trinajstić information content (AvgIpc) is 2.65. The van der Waals surface area contributed by atoms with Gasteiger partial charge in [-0.15, -0.1) is 0 Å². The normalized spacial score (nSPS) is 31.5. The van der Waals surface area contributed by atoms with Gasteiger partial charge in [0.2, 0.25) is 5.82 Å². The number of aromatic amines is 1. The van der Waals surface area contributed by atoms with Gasteiger partial charge in [0.25, 0.3) is 11.4 Å². The number of H-pyrrole nitrogens is 1. The molecular formula is C9H11F2N2O9P. The third-order valence-corrected chi connectivity index (χ3v) is 3.47. The number of halogens is 2. The SMILES string of the molecule is O=c1[nH]c(=O)n([C@@H]2O[C@](F)(COP(=O)(O)O)[C@@H](O)[C@H]2O)cc1F. The van der Waals surface area contributed by atoms with Gasteiger partial charge in [-0.3, -0.25) is 18.9 Å². The Labute approximate surface area is 125 Å². The molecular weight excluding hydrogens is 349 g/mol. The van der Waals surface area contributed by atoms with Crippen LogP contribution < -0.4 is 11.2 Å². The van der Waals surface area contributed by atoms with E-state index in [0.29, 0.717) is 6.20 Å². The Bertz CT molecular complexity index is 760. The molecule has 0 radical (unpaired) electrons. The maximum absolute atomic E-state index is 14.4. The summed E-state index contributed by atoms with van der Waals surface area (Å²) < 4.78 is 46.8. The molecule has 1 fully saturated rings. The molecule has 1 aromatic rings. The molecule has 4 atom stereocenters. The number of hydrogen-bond acceptors (Lipinski definition) is 7. The summed E-state index contributed by atoms with van der Waals surface area (Å²) in [4.78, 5) is 41.0. The molecule has 0 spiro atoms. The summed E-state index contributed by atoms with van der Waals surface area (Å²) in [5.74, 6) is -4.74. The molecule has 0 aliphatic carbocycles. The summed E-state index contributed by atoms with van der Waals surface area (Å²) in [5.41, 5.74) is -2.64. The van der Waals surface area contributed by atoms with Crippen LogP contribution in [0.2, 0.25) is 0 Å². The van der Waals surface area contributed by atoms with Gasteiger partial charge in [-0.2, -0.15) is 4.39 Å². The quantitative estimate of drug-likeness (QED) is 0.370. The monoisotopic (exact) mass is 360 g/mol. The van der Waals surface area contributed by atoms with E-state index in [1.807, 2.05) is 0 Å². The highest BCUT2D eigenvalue weighted by atomic mass is 31.2. The number of aliphatic hydroxyl groups excluding tert-OH is 2. The number of nitrogens with zero attached hydrogens (tertiary/aromatic N) is 1. The zero-order valence-electron chi connectivity index (χ0n) is 11.0. The van der Waals surface area contributed by atoms with E-state index < -0.39 is 55.8 Å². The number of aromatic nitrogens is 2. The van der Waals surface area contributed by atoms with E-state index in [2.05, 4.69) is 9.26 Å². The maximum atomic E-state index is 14.4. The molecule has 0 saturated carbocycles. The van der Waals surface area contributed by atoms with Gasteiger partial charge in [-0.25, -0.2) is 13.8 Å². The summed E-state index contributed by atoms with van der Waals surface area (Å²) in [6.45, 7) is -1.48. The molecule has 1 aliphatic heterocycles. The average molecular weight is 360 g/mol. The minimum absolute atomic E-state index is 0.267. The fourth-order valence-corrected chi connectivity index (χ4v) is 2.26. The molecule has 5 N–H and O–H groups in total. The van der Waals surface area contributed by atoms with Crippen LogP contribution in [0, 0.1) is 5.82 Å². The Morgan fingerprint density at radius 2 is 2.04 bits per heavy atom. The third kappa shape index (κ3) is 3.55. The van der Waals surface area contributed by atoms with Crippen LogP contribution in [0.1, 0.15) is 6.23 Å². The second-order valence-electron chi connectivity index (χ2n) is 4.64. The number of hydrogen-bond donors (Lipinski definition) is 5. The minimum atomic E-state index is -5.11. The van der Waals surface area contributed by atoms with Gasteiger partial charge >= 0.3 is 13.5 Å². The molecule has 2 heterocycles. The van der Waals surface area contributed by atoms with Crippen LogP contribution in [-0.4, -0.2) is 54.2 Å². The molecule has 2 rings (SSSR count). The molecule has 23 heavy (non-hydrogen) atoms. The van der Waals surface area contributed by atoms with E-state index in [-0.39, 0.29) is 4.57 Å². The lowest BCUT2D eigenvalue weighted by Gasteiger charge is -2.22. The van der Waals surface area contributed by atoms with E-state index in [1.165, 1.54) is 4.98 Å². The number of aliphatic hydroxyl groups is 2. The smallest absolute Gasteiger partial charge is 0.385 e. The van der Waals surface area contributed by atoms with Gasteiger partial charge in [0.05, 0.1) is 6.20 Å². The molecule has 130 valence electrons. The van der Waals surface area contributed by atoms with Crippen LogP contribution in [0.25, 0.3) is 0 Å². The number of nitrogens with one attached hydrogen (secondary N) is 1. The molecule has 0 amide bonds. The van der Waals surface area contributed by atoms with E-state index >= 15 is 0 Å². The van der Waals surface area contributed by atoms with Gasteiger partial charge in [0.15, 0.2) is 6.23 Å². The Morgan fingerprint density at radius 1 is 1.43 bits per heavy atom. The zero-order valence-corrected chi connectivity index (χ0v) is 11.9. The number of ether oxygens (including phenoxy) is 1. The second-order valence-corrected chi connectivity index (χ2v) is 5.88. The summed E-state index contributed by atoms with van der Waals surface area (Å²) in [5, 5.41) is 19.3. The van der Waals surface area contributed by atoms with Crippen molar-refractivity contribution in [3.8, 4) is 0 Å². The molecule has 0 unspecified atom stereocenters. The van der Waals surface area contributed by atoms with Crippen molar-refractivity contribution in [2.24, 2.45) is 0 Å². The number of alkyl halides is 1. The van der Waals surface area contributed by atoms with Crippen LogP contribution in [0.5, 0.6) is 0 Å². The molecule has 1 saturated heterocycles. The standard InChI is InChI=1S/C9H11F2N2O9P/c10-3-1-13(8(17)12-6(3)16)7-4(14)5(15)9(11,22-7)2-21-23(18,19)20/h1,4-5,7,14-15H,2H2,(H,12,16,17)(H2,18,19,20)/t4-,5+,7-,9-/m1/s1. The summed E-state index contributed by atoms with van der Waals surface area (Å²) in [6, 6.07) is 0. The number of rotatable bonds is 4. The van der Waals surface area contributed by atoms with Gasteiger partial charge in [0.1, 0.15) is 18.8 Å². The fraction of sp³-hybridized carbons (Fsp3) is 0.556. The Kier molecular flexibility index (Phi) is 4.56. The van der Waals surface area contributed by atoms with Crippen molar-refractivity contribution in [1.82, 2.24) is 9.55 Å². The van der Waals surface area contributed by atoms with Gasteiger partial charge < -0.3 is 24.7 Å². The minimum Gasteiger partial charge on any atom is -0.385 e. The molecule has 14 heteroatoms. The zero-order chi connectivity index (χ0) is 17.6. The lowest BCUT2D eigenvalue weighted by molar-refractivity contribution is -0.205. The molecule has 0 bridgehead atoms.